The molecule has 2 fully saturated rings. The van der Waals surface area contributed by atoms with Gasteiger partial charge in [-0.25, -0.2) is 0 Å². The van der Waals surface area contributed by atoms with Crippen LogP contribution in [0.3, 0.4) is 0 Å². The van der Waals surface area contributed by atoms with Crippen LogP contribution in [0, 0.1) is 11.8 Å². The van der Waals surface area contributed by atoms with E-state index < -0.39 is 6.10 Å². The summed E-state index contributed by atoms with van der Waals surface area (Å²) in [5, 5.41) is 10.4. The van der Waals surface area contributed by atoms with Crippen LogP contribution in [-0.2, 0) is 0 Å². The normalized spacial score (nSPS) is 29.6. The zero-order chi connectivity index (χ0) is 13.5. The SMILES string of the molecule is OC(CN1CC2CCCC2C1)c1ccc2c(c1)OCO2. The Morgan fingerprint density at radius 2 is 1.90 bits per heavy atom. The van der Waals surface area contributed by atoms with E-state index >= 15 is 0 Å². The van der Waals surface area contributed by atoms with Crippen LogP contribution >= 0.6 is 0 Å². The van der Waals surface area contributed by atoms with Gasteiger partial charge in [0.15, 0.2) is 11.5 Å². The monoisotopic (exact) mass is 275 g/mol. The second-order valence-corrected chi connectivity index (χ2v) is 6.30. The topological polar surface area (TPSA) is 41.9 Å². The van der Waals surface area contributed by atoms with Crippen molar-refractivity contribution in [3.05, 3.63) is 23.8 Å². The number of β-amino-alcohol motifs (C(OH)–C–C–N with tert-alkyl or cyclic N) is 1. The number of hydrogen-bond donors (Lipinski definition) is 1. The van der Waals surface area contributed by atoms with E-state index in [9.17, 15) is 5.11 Å². The third-order valence-electron chi connectivity index (χ3n) is 5.01. The first kappa shape index (κ1) is 12.5. The zero-order valence-electron chi connectivity index (χ0n) is 11.6. The number of hydrogen-bond acceptors (Lipinski definition) is 4. The summed E-state index contributed by atoms with van der Waals surface area (Å²) < 4.78 is 10.7. The lowest BCUT2D eigenvalue weighted by Gasteiger charge is -2.21. The molecular weight excluding hydrogens is 254 g/mol. The highest BCUT2D eigenvalue weighted by molar-refractivity contribution is 5.45. The van der Waals surface area contributed by atoms with Crippen LogP contribution in [0.5, 0.6) is 11.5 Å². The van der Waals surface area contributed by atoms with E-state index in [1.165, 1.54) is 19.3 Å². The van der Waals surface area contributed by atoms with Crippen molar-refractivity contribution in [3.63, 3.8) is 0 Å². The van der Waals surface area contributed by atoms with Gasteiger partial charge in [0.1, 0.15) is 0 Å². The number of likely N-dealkylation sites (tertiary alicyclic amines) is 1. The molecule has 1 aromatic carbocycles. The summed E-state index contributed by atoms with van der Waals surface area (Å²) >= 11 is 0. The number of aliphatic hydroxyl groups excluding tert-OH is 1. The number of benzene rings is 1. The molecule has 4 nitrogen and oxygen atoms in total. The third kappa shape index (κ3) is 2.17. The molecule has 4 heteroatoms. The minimum Gasteiger partial charge on any atom is -0.454 e. The average molecular weight is 275 g/mol. The molecule has 0 spiro atoms. The van der Waals surface area contributed by atoms with E-state index in [0.717, 1.165) is 48.5 Å². The van der Waals surface area contributed by atoms with Crippen molar-refractivity contribution in [3.8, 4) is 11.5 Å². The molecule has 3 unspecified atom stereocenters. The fraction of sp³-hybridized carbons (Fsp3) is 0.625. The lowest BCUT2D eigenvalue weighted by Crippen LogP contribution is -2.27. The quantitative estimate of drug-likeness (QED) is 0.918. The summed E-state index contributed by atoms with van der Waals surface area (Å²) in [6.45, 7) is 3.33. The number of ether oxygens (including phenoxy) is 2. The predicted molar refractivity (Wildman–Crippen MR) is 74.8 cm³/mol. The van der Waals surface area contributed by atoms with Gasteiger partial charge in [-0.1, -0.05) is 12.5 Å². The van der Waals surface area contributed by atoms with Crippen LogP contribution in [-0.4, -0.2) is 36.4 Å². The minimum atomic E-state index is -0.441. The summed E-state index contributed by atoms with van der Waals surface area (Å²) in [5.74, 6) is 3.27. The zero-order valence-corrected chi connectivity index (χ0v) is 11.6. The molecule has 1 aliphatic carbocycles. The van der Waals surface area contributed by atoms with Crippen molar-refractivity contribution in [1.29, 1.82) is 0 Å². The summed E-state index contributed by atoms with van der Waals surface area (Å²) in [7, 11) is 0. The number of aliphatic hydroxyl groups is 1. The van der Waals surface area contributed by atoms with Gasteiger partial charge in [-0.3, -0.25) is 4.90 Å². The maximum atomic E-state index is 10.4. The molecule has 2 aliphatic heterocycles. The summed E-state index contributed by atoms with van der Waals surface area (Å²) in [5.41, 5.74) is 0.923. The van der Waals surface area contributed by atoms with Crippen LogP contribution < -0.4 is 9.47 Å². The maximum Gasteiger partial charge on any atom is 0.231 e. The molecule has 0 aromatic heterocycles. The van der Waals surface area contributed by atoms with Crippen molar-refractivity contribution < 1.29 is 14.6 Å². The first-order chi connectivity index (χ1) is 9.79. The Morgan fingerprint density at radius 3 is 2.70 bits per heavy atom. The maximum absolute atomic E-state index is 10.4. The van der Waals surface area contributed by atoms with Gasteiger partial charge in [0, 0.05) is 19.6 Å². The molecule has 20 heavy (non-hydrogen) atoms. The third-order valence-corrected chi connectivity index (χ3v) is 5.01. The standard InChI is InChI=1S/C16H21NO3/c18-14(9-17-7-12-2-1-3-13(12)8-17)11-4-5-15-16(6-11)20-10-19-15/h4-6,12-14,18H,1-3,7-10H2. The number of nitrogens with zero attached hydrogens (tertiary/aromatic N) is 1. The number of rotatable bonds is 3. The van der Waals surface area contributed by atoms with Gasteiger partial charge >= 0.3 is 0 Å². The van der Waals surface area contributed by atoms with Crippen LogP contribution in [0.2, 0.25) is 0 Å². The molecule has 108 valence electrons. The second kappa shape index (κ2) is 4.93. The first-order valence-corrected chi connectivity index (χ1v) is 7.59. The Morgan fingerprint density at radius 1 is 1.15 bits per heavy atom. The van der Waals surface area contributed by atoms with Gasteiger partial charge in [-0.05, 0) is 42.4 Å². The molecule has 1 aromatic rings. The van der Waals surface area contributed by atoms with Crippen molar-refractivity contribution in [1.82, 2.24) is 4.90 Å². The molecule has 1 N–H and O–H groups in total. The van der Waals surface area contributed by atoms with Crippen molar-refractivity contribution in [2.75, 3.05) is 26.4 Å². The van der Waals surface area contributed by atoms with Crippen LogP contribution in [0.25, 0.3) is 0 Å². The van der Waals surface area contributed by atoms with Crippen LogP contribution in [0.4, 0.5) is 0 Å². The van der Waals surface area contributed by atoms with Crippen LogP contribution in [0.15, 0.2) is 18.2 Å². The van der Waals surface area contributed by atoms with E-state index in [2.05, 4.69) is 4.90 Å². The van der Waals surface area contributed by atoms with E-state index in [4.69, 9.17) is 9.47 Å². The van der Waals surface area contributed by atoms with E-state index in [0.29, 0.717) is 0 Å². The Labute approximate surface area is 119 Å². The highest BCUT2D eigenvalue weighted by Crippen LogP contribution is 2.39. The summed E-state index contributed by atoms with van der Waals surface area (Å²) in [6, 6.07) is 5.73. The van der Waals surface area contributed by atoms with E-state index in [-0.39, 0.29) is 6.79 Å². The van der Waals surface area contributed by atoms with E-state index in [1.807, 2.05) is 18.2 Å². The predicted octanol–water partition coefficient (Wildman–Crippen LogP) is 2.18. The molecule has 0 amide bonds. The Hall–Kier alpha value is -1.26. The van der Waals surface area contributed by atoms with Crippen molar-refractivity contribution in [2.45, 2.75) is 25.4 Å². The molecule has 1 saturated carbocycles. The van der Waals surface area contributed by atoms with Crippen LogP contribution in [0.1, 0.15) is 30.9 Å². The van der Waals surface area contributed by atoms with Gasteiger partial charge < -0.3 is 14.6 Å². The van der Waals surface area contributed by atoms with Crippen molar-refractivity contribution >= 4 is 0 Å². The van der Waals surface area contributed by atoms with Gasteiger partial charge in [0.25, 0.3) is 0 Å². The Balaban J connectivity index is 1.41. The molecule has 2 heterocycles. The molecule has 1 saturated heterocycles. The molecule has 3 aliphatic rings. The lowest BCUT2D eigenvalue weighted by atomic mass is 10.0. The van der Waals surface area contributed by atoms with Gasteiger partial charge in [-0.2, -0.15) is 0 Å². The smallest absolute Gasteiger partial charge is 0.231 e. The summed E-state index contributed by atoms with van der Waals surface area (Å²) in [4.78, 5) is 2.42. The average Bonchev–Trinajstić information content (AvgIpc) is 3.11. The fourth-order valence-corrected chi connectivity index (χ4v) is 3.95. The first-order valence-electron chi connectivity index (χ1n) is 7.59. The second-order valence-electron chi connectivity index (χ2n) is 6.30. The fourth-order valence-electron chi connectivity index (χ4n) is 3.95. The van der Waals surface area contributed by atoms with Gasteiger partial charge in [0.2, 0.25) is 6.79 Å². The van der Waals surface area contributed by atoms with Gasteiger partial charge in [0.05, 0.1) is 6.10 Å². The van der Waals surface area contributed by atoms with Gasteiger partial charge in [-0.15, -0.1) is 0 Å². The summed E-state index contributed by atoms with van der Waals surface area (Å²) in [6.07, 6.45) is 3.71. The molecule has 0 bridgehead atoms. The highest BCUT2D eigenvalue weighted by Gasteiger charge is 2.36. The van der Waals surface area contributed by atoms with E-state index in [1.54, 1.807) is 0 Å². The largest absolute Gasteiger partial charge is 0.454 e. The Kier molecular flexibility index (Phi) is 3.08. The Bertz CT molecular complexity index is 492. The molecule has 4 rings (SSSR count). The highest BCUT2D eigenvalue weighted by atomic mass is 16.7. The molecule has 0 radical (unpaired) electrons. The molecule has 3 atom stereocenters. The van der Waals surface area contributed by atoms with Crippen molar-refractivity contribution in [2.24, 2.45) is 11.8 Å². The lowest BCUT2D eigenvalue weighted by molar-refractivity contribution is 0.121. The molecular formula is C16H21NO3. The minimum absolute atomic E-state index is 0.282. The number of fused-ring (bicyclic) bond motifs is 2.